The molecule has 0 aliphatic rings. The topological polar surface area (TPSA) is 64.6 Å². The molecule has 3 rings (SSSR count). The summed E-state index contributed by atoms with van der Waals surface area (Å²) in [7, 11) is 0. The number of azide groups is 1. The van der Waals surface area contributed by atoms with Gasteiger partial charge in [0.05, 0.1) is 0 Å². The van der Waals surface area contributed by atoms with Gasteiger partial charge in [-0.1, -0.05) is 27.1 Å². The number of rotatable bonds is 1. The summed E-state index contributed by atoms with van der Waals surface area (Å²) in [5.41, 5.74) is 11.2. The van der Waals surface area contributed by atoms with Crippen LogP contribution in [-0.4, -0.2) is 4.98 Å². The Balaban J connectivity index is 2.43. The Labute approximate surface area is 105 Å². The van der Waals surface area contributed by atoms with Gasteiger partial charge in [0.2, 0.25) is 0 Å². The van der Waals surface area contributed by atoms with Crippen LogP contribution in [-0.2, 0) is 0 Å². The molecule has 0 fully saturated rings. The third-order valence-electron chi connectivity index (χ3n) is 2.70. The summed E-state index contributed by atoms with van der Waals surface area (Å²) in [5.74, 6) is 0. The van der Waals surface area contributed by atoms with Crippen LogP contribution in [0.3, 0.4) is 0 Å². The van der Waals surface area contributed by atoms with Crippen molar-refractivity contribution in [3.8, 4) is 0 Å². The number of aromatic nitrogens is 1. The zero-order valence-corrected chi connectivity index (χ0v) is 10.3. The fraction of sp³-hybridized carbons (Fsp3) is 0. The normalized spacial score (nSPS) is 10.6. The number of nitrogens with one attached hydrogen (secondary N) is 1. The van der Waals surface area contributed by atoms with E-state index in [4.69, 9.17) is 5.53 Å². The molecule has 5 heteroatoms. The maximum absolute atomic E-state index is 8.44. The third kappa shape index (κ3) is 1.65. The van der Waals surface area contributed by atoms with E-state index in [9.17, 15) is 0 Å². The zero-order chi connectivity index (χ0) is 11.8. The molecule has 0 atom stereocenters. The summed E-state index contributed by atoms with van der Waals surface area (Å²) < 4.78 is 1.03. The Kier molecular flexibility index (Phi) is 2.28. The molecule has 82 valence electrons. The molecule has 0 spiro atoms. The molecule has 0 saturated carbocycles. The summed E-state index contributed by atoms with van der Waals surface area (Å²) in [6.07, 6.45) is 0. The first-order valence-corrected chi connectivity index (χ1v) is 5.83. The second kappa shape index (κ2) is 3.80. The van der Waals surface area contributed by atoms with Gasteiger partial charge in [-0.05, 0) is 35.9 Å². The molecule has 3 aromatic rings. The number of halogens is 1. The lowest BCUT2D eigenvalue weighted by molar-refractivity contribution is 1.48. The van der Waals surface area contributed by atoms with Crippen LogP contribution in [0.2, 0.25) is 0 Å². The Morgan fingerprint density at radius 2 is 1.76 bits per heavy atom. The number of fused-ring (bicyclic) bond motifs is 3. The van der Waals surface area contributed by atoms with Crippen LogP contribution in [0.25, 0.3) is 32.2 Å². The summed E-state index contributed by atoms with van der Waals surface area (Å²) >= 11 is 3.46. The Morgan fingerprint density at radius 3 is 2.53 bits per heavy atom. The molecular weight excluding hydrogens is 280 g/mol. The summed E-state index contributed by atoms with van der Waals surface area (Å²) in [5, 5.41) is 5.80. The van der Waals surface area contributed by atoms with Crippen LogP contribution in [0.4, 0.5) is 5.69 Å². The van der Waals surface area contributed by atoms with Gasteiger partial charge < -0.3 is 4.98 Å². The second-order valence-electron chi connectivity index (χ2n) is 3.73. The number of nitrogens with zero attached hydrogens (tertiary/aromatic N) is 3. The summed E-state index contributed by atoms with van der Waals surface area (Å²) in [6.45, 7) is 0. The lowest BCUT2D eigenvalue weighted by Crippen LogP contribution is -1.67. The van der Waals surface area contributed by atoms with Crippen LogP contribution >= 0.6 is 15.9 Å². The van der Waals surface area contributed by atoms with Crippen molar-refractivity contribution < 1.29 is 0 Å². The van der Waals surface area contributed by atoms with E-state index in [1.807, 2.05) is 30.3 Å². The van der Waals surface area contributed by atoms with Crippen molar-refractivity contribution in [3.05, 3.63) is 51.3 Å². The lowest BCUT2D eigenvalue weighted by atomic mass is 10.1. The average Bonchev–Trinajstić information content (AvgIpc) is 2.67. The second-order valence-corrected chi connectivity index (χ2v) is 4.65. The van der Waals surface area contributed by atoms with Crippen molar-refractivity contribution in [2.24, 2.45) is 5.11 Å². The summed E-state index contributed by atoms with van der Waals surface area (Å²) in [6, 6.07) is 11.7. The zero-order valence-electron chi connectivity index (χ0n) is 8.68. The van der Waals surface area contributed by atoms with Gasteiger partial charge in [0.15, 0.2) is 0 Å². The maximum atomic E-state index is 8.44. The van der Waals surface area contributed by atoms with Crippen LogP contribution in [0, 0.1) is 0 Å². The highest BCUT2D eigenvalue weighted by Gasteiger charge is 2.04. The molecule has 1 heterocycles. The largest absolute Gasteiger partial charge is 0.355 e. The van der Waals surface area contributed by atoms with Gasteiger partial charge in [0.1, 0.15) is 0 Å². The predicted octanol–water partition coefficient (Wildman–Crippen LogP) is 5.03. The van der Waals surface area contributed by atoms with Gasteiger partial charge in [-0.25, -0.2) is 0 Å². The molecule has 1 N–H and O–H groups in total. The SMILES string of the molecule is [N-]=[N+]=Nc1ccc2[nH]c3ccc(Br)cc3c2c1. The van der Waals surface area contributed by atoms with E-state index in [2.05, 4.69) is 30.9 Å². The summed E-state index contributed by atoms with van der Waals surface area (Å²) in [4.78, 5) is 6.12. The van der Waals surface area contributed by atoms with Crippen molar-refractivity contribution in [2.75, 3.05) is 0 Å². The first-order chi connectivity index (χ1) is 8.28. The van der Waals surface area contributed by atoms with Crippen LogP contribution in [0.15, 0.2) is 46.0 Å². The molecule has 0 bridgehead atoms. The first-order valence-electron chi connectivity index (χ1n) is 5.04. The molecule has 1 aromatic heterocycles. The van der Waals surface area contributed by atoms with E-state index in [1.54, 1.807) is 6.07 Å². The molecule has 2 aromatic carbocycles. The van der Waals surface area contributed by atoms with E-state index in [0.29, 0.717) is 5.69 Å². The molecular formula is C12H7BrN4. The highest BCUT2D eigenvalue weighted by Crippen LogP contribution is 2.30. The molecule has 0 unspecified atom stereocenters. The van der Waals surface area contributed by atoms with Crippen molar-refractivity contribution in [3.63, 3.8) is 0 Å². The highest BCUT2D eigenvalue weighted by molar-refractivity contribution is 9.10. The maximum Gasteiger partial charge on any atom is 0.0465 e. The van der Waals surface area contributed by atoms with Gasteiger partial charge in [0.25, 0.3) is 0 Å². The van der Waals surface area contributed by atoms with Crippen molar-refractivity contribution >= 4 is 43.4 Å². The number of benzene rings is 2. The Hall–Kier alpha value is -1.97. The Morgan fingerprint density at radius 1 is 1.06 bits per heavy atom. The average molecular weight is 287 g/mol. The van der Waals surface area contributed by atoms with E-state index in [0.717, 1.165) is 26.3 Å². The van der Waals surface area contributed by atoms with E-state index < -0.39 is 0 Å². The van der Waals surface area contributed by atoms with E-state index >= 15 is 0 Å². The van der Waals surface area contributed by atoms with Crippen molar-refractivity contribution in [2.45, 2.75) is 0 Å². The minimum Gasteiger partial charge on any atom is -0.355 e. The fourth-order valence-corrected chi connectivity index (χ4v) is 2.33. The third-order valence-corrected chi connectivity index (χ3v) is 3.20. The monoisotopic (exact) mass is 286 g/mol. The molecule has 0 saturated heterocycles. The Bertz CT molecular complexity index is 769. The minimum atomic E-state index is 0.626. The molecule has 17 heavy (non-hydrogen) atoms. The van der Waals surface area contributed by atoms with Crippen LogP contribution < -0.4 is 0 Å². The number of H-pyrrole nitrogens is 1. The highest BCUT2D eigenvalue weighted by atomic mass is 79.9. The molecule has 0 amide bonds. The van der Waals surface area contributed by atoms with Gasteiger partial charge >= 0.3 is 0 Å². The van der Waals surface area contributed by atoms with E-state index in [1.165, 1.54) is 0 Å². The molecule has 0 aliphatic heterocycles. The van der Waals surface area contributed by atoms with Gasteiger partial charge in [-0.15, -0.1) is 0 Å². The van der Waals surface area contributed by atoms with E-state index in [-0.39, 0.29) is 0 Å². The smallest absolute Gasteiger partial charge is 0.0465 e. The van der Waals surface area contributed by atoms with Gasteiger partial charge in [-0.2, -0.15) is 0 Å². The standard InChI is InChI=1S/C12H7BrN4/c13-7-1-3-11-9(5-7)10-6-8(16-17-14)2-4-12(10)15-11/h1-6,15H. The predicted molar refractivity (Wildman–Crippen MR) is 72.3 cm³/mol. The van der Waals surface area contributed by atoms with Crippen LogP contribution in [0.1, 0.15) is 0 Å². The number of hydrogen-bond acceptors (Lipinski definition) is 1. The molecule has 0 aliphatic carbocycles. The first kappa shape index (κ1) is 10.2. The minimum absolute atomic E-state index is 0.626. The fourth-order valence-electron chi connectivity index (χ4n) is 1.97. The van der Waals surface area contributed by atoms with Crippen molar-refractivity contribution in [1.29, 1.82) is 0 Å². The number of hydrogen-bond donors (Lipinski definition) is 1. The molecule has 4 nitrogen and oxygen atoms in total. The van der Waals surface area contributed by atoms with Gasteiger partial charge in [-0.3, -0.25) is 0 Å². The van der Waals surface area contributed by atoms with Crippen LogP contribution in [0.5, 0.6) is 0 Å². The van der Waals surface area contributed by atoms with Crippen molar-refractivity contribution in [1.82, 2.24) is 4.98 Å². The number of aromatic amines is 1. The van der Waals surface area contributed by atoms with Gasteiger partial charge in [0, 0.05) is 36.9 Å². The quantitative estimate of drug-likeness (QED) is 0.371. The lowest BCUT2D eigenvalue weighted by Gasteiger charge is -1.94. The molecule has 0 radical (unpaired) electrons.